The van der Waals surface area contributed by atoms with Crippen LogP contribution in [0.5, 0.6) is 5.75 Å². The second-order valence-corrected chi connectivity index (χ2v) is 3.85. The first-order chi connectivity index (χ1) is 7.16. The molecule has 0 amide bonds. The fourth-order valence-electron chi connectivity index (χ4n) is 1.96. The van der Waals surface area contributed by atoms with Crippen molar-refractivity contribution in [3.63, 3.8) is 0 Å². The Labute approximate surface area is 87.6 Å². The lowest BCUT2D eigenvalue weighted by Crippen LogP contribution is -2.25. The van der Waals surface area contributed by atoms with Crippen LogP contribution in [0.2, 0.25) is 0 Å². The average Bonchev–Trinajstić information content (AvgIpc) is 2.18. The van der Waals surface area contributed by atoms with Crippen LogP contribution in [0.3, 0.4) is 0 Å². The molecule has 1 heterocycles. The largest absolute Gasteiger partial charge is 0.508 e. The summed E-state index contributed by atoms with van der Waals surface area (Å²) in [5.74, 6) is -0.487. The summed E-state index contributed by atoms with van der Waals surface area (Å²) in [4.78, 5) is 10.6. The number of rotatable bonds is 2. The summed E-state index contributed by atoms with van der Waals surface area (Å²) >= 11 is 0. The maximum atomic E-state index is 10.6. The van der Waals surface area contributed by atoms with Crippen molar-refractivity contribution in [2.45, 2.75) is 12.8 Å². The van der Waals surface area contributed by atoms with E-state index >= 15 is 0 Å². The number of hydrogen-bond acceptors (Lipinski definition) is 3. The van der Waals surface area contributed by atoms with Crippen LogP contribution in [-0.2, 0) is 11.2 Å². The van der Waals surface area contributed by atoms with Gasteiger partial charge in [0.25, 0.3) is 0 Å². The first kappa shape index (κ1) is 9.83. The molecule has 1 aromatic rings. The number of hydrogen-bond donors (Lipinski definition) is 3. The number of aliphatic carboxylic acids is 1. The molecule has 0 radical (unpaired) electrons. The first-order valence-corrected chi connectivity index (χ1v) is 4.93. The van der Waals surface area contributed by atoms with Gasteiger partial charge in [-0.1, -0.05) is 6.07 Å². The van der Waals surface area contributed by atoms with Gasteiger partial charge in [0.2, 0.25) is 0 Å². The number of aromatic hydroxyl groups is 1. The molecule has 80 valence electrons. The van der Waals surface area contributed by atoms with E-state index in [1.54, 1.807) is 12.1 Å². The zero-order valence-electron chi connectivity index (χ0n) is 8.23. The highest BCUT2D eigenvalue weighted by molar-refractivity contribution is 5.68. The highest BCUT2D eigenvalue weighted by Crippen LogP contribution is 2.32. The van der Waals surface area contributed by atoms with E-state index in [0.717, 1.165) is 11.3 Å². The van der Waals surface area contributed by atoms with Crippen molar-refractivity contribution in [1.82, 2.24) is 0 Å². The molecule has 0 spiro atoms. The predicted molar refractivity (Wildman–Crippen MR) is 56.0 cm³/mol. The third-order valence-corrected chi connectivity index (χ3v) is 2.69. The Hall–Kier alpha value is -1.71. The van der Waals surface area contributed by atoms with Crippen molar-refractivity contribution in [3.05, 3.63) is 23.8 Å². The molecule has 3 N–H and O–H groups in total. The van der Waals surface area contributed by atoms with Crippen LogP contribution in [-0.4, -0.2) is 22.7 Å². The molecular formula is C11H13NO3. The SMILES string of the molecule is O=C(O)CC1CNc2cccc(O)c2C1. The fourth-order valence-corrected chi connectivity index (χ4v) is 1.96. The molecule has 15 heavy (non-hydrogen) atoms. The summed E-state index contributed by atoms with van der Waals surface area (Å²) in [5, 5.41) is 21.4. The van der Waals surface area contributed by atoms with Gasteiger partial charge in [-0.2, -0.15) is 0 Å². The molecule has 4 heteroatoms. The Morgan fingerprint density at radius 3 is 3.07 bits per heavy atom. The minimum atomic E-state index is -0.791. The molecule has 0 saturated carbocycles. The molecule has 0 aliphatic carbocycles. The standard InChI is InChI=1S/C11H13NO3/c13-10-3-1-2-9-8(10)4-7(6-12-9)5-11(14)15/h1-3,7,12-13H,4-6H2,(H,14,15). The topological polar surface area (TPSA) is 69.6 Å². The summed E-state index contributed by atoms with van der Waals surface area (Å²) in [7, 11) is 0. The van der Waals surface area contributed by atoms with Gasteiger partial charge in [0.15, 0.2) is 0 Å². The van der Waals surface area contributed by atoms with E-state index in [1.165, 1.54) is 0 Å². The maximum absolute atomic E-state index is 10.6. The third kappa shape index (κ3) is 2.03. The van der Waals surface area contributed by atoms with Gasteiger partial charge in [-0.25, -0.2) is 0 Å². The fraction of sp³-hybridized carbons (Fsp3) is 0.364. The molecule has 1 aromatic carbocycles. The number of fused-ring (bicyclic) bond motifs is 1. The quantitative estimate of drug-likeness (QED) is 0.686. The van der Waals surface area contributed by atoms with Gasteiger partial charge in [0.05, 0.1) is 6.42 Å². The van der Waals surface area contributed by atoms with Crippen molar-refractivity contribution < 1.29 is 15.0 Å². The second-order valence-electron chi connectivity index (χ2n) is 3.85. The molecule has 0 fully saturated rings. The third-order valence-electron chi connectivity index (χ3n) is 2.69. The minimum absolute atomic E-state index is 0.0586. The number of benzene rings is 1. The summed E-state index contributed by atoms with van der Waals surface area (Å²) in [6.07, 6.45) is 0.766. The minimum Gasteiger partial charge on any atom is -0.508 e. The van der Waals surface area contributed by atoms with Crippen LogP contribution >= 0.6 is 0 Å². The molecule has 0 aromatic heterocycles. The molecule has 0 saturated heterocycles. The van der Waals surface area contributed by atoms with Crippen molar-refractivity contribution in [2.75, 3.05) is 11.9 Å². The van der Waals surface area contributed by atoms with E-state index < -0.39 is 5.97 Å². The lowest BCUT2D eigenvalue weighted by Gasteiger charge is -2.25. The van der Waals surface area contributed by atoms with Gasteiger partial charge >= 0.3 is 5.97 Å². The number of phenols is 1. The van der Waals surface area contributed by atoms with Crippen LogP contribution < -0.4 is 5.32 Å². The van der Waals surface area contributed by atoms with Crippen LogP contribution in [0, 0.1) is 5.92 Å². The van der Waals surface area contributed by atoms with E-state index in [1.807, 2.05) is 6.07 Å². The Kier molecular flexibility index (Phi) is 2.49. The van der Waals surface area contributed by atoms with Crippen LogP contribution in [0.25, 0.3) is 0 Å². The number of carboxylic acid groups (broad SMARTS) is 1. The Balaban J connectivity index is 2.18. The average molecular weight is 207 g/mol. The van der Waals surface area contributed by atoms with Crippen molar-refractivity contribution in [3.8, 4) is 5.75 Å². The van der Waals surface area contributed by atoms with Crippen molar-refractivity contribution >= 4 is 11.7 Å². The molecule has 2 rings (SSSR count). The van der Waals surface area contributed by atoms with E-state index in [-0.39, 0.29) is 18.1 Å². The summed E-state index contributed by atoms with van der Waals surface area (Å²) in [6, 6.07) is 5.30. The van der Waals surface area contributed by atoms with E-state index in [4.69, 9.17) is 5.11 Å². The summed E-state index contributed by atoms with van der Waals surface area (Å²) in [6.45, 7) is 0.656. The number of nitrogens with one attached hydrogen (secondary N) is 1. The predicted octanol–water partition coefficient (Wildman–Crippen LogP) is 1.45. The lowest BCUT2D eigenvalue weighted by molar-refractivity contribution is -0.138. The van der Waals surface area contributed by atoms with Crippen molar-refractivity contribution in [1.29, 1.82) is 0 Å². The summed E-state index contributed by atoms with van der Waals surface area (Å²) < 4.78 is 0. The highest BCUT2D eigenvalue weighted by Gasteiger charge is 2.22. The Morgan fingerprint density at radius 1 is 1.53 bits per heavy atom. The summed E-state index contributed by atoms with van der Waals surface area (Å²) in [5.41, 5.74) is 1.74. The smallest absolute Gasteiger partial charge is 0.303 e. The van der Waals surface area contributed by atoms with Crippen LogP contribution in [0.1, 0.15) is 12.0 Å². The Bertz CT molecular complexity index is 389. The van der Waals surface area contributed by atoms with Gasteiger partial charge in [0.1, 0.15) is 5.75 Å². The zero-order valence-corrected chi connectivity index (χ0v) is 8.23. The van der Waals surface area contributed by atoms with Crippen molar-refractivity contribution in [2.24, 2.45) is 5.92 Å². The number of carbonyl (C=O) groups is 1. The molecule has 0 bridgehead atoms. The zero-order chi connectivity index (χ0) is 10.8. The second kappa shape index (κ2) is 3.81. The number of carboxylic acids is 1. The Morgan fingerprint density at radius 2 is 2.33 bits per heavy atom. The first-order valence-electron chi connectivity index (χ1n) is 4.93. The lowest BCUT2D eigenvalue weighted by atomic mass is 9.91. The number of phenolic OH excluding ortho intramolecular Hbond substituents is 1. The molecule has 1 aliphatic heterocycles. The molecule has 4 nitrogen and oxygen atoms in total. The van der Waals surface area contributed by atoms with E-state index in [9.17, 15) is 9.90 Å². The van der Waals surface area contributed by atoms with E-state index in [0.29, 0.717) is 13.0 Å². The molecule has 1 atom stereocenters. The van der Waals surface area contributed by atoms with E-state index in [2.05, 4.69) is 5.32 Å². The van der Waals surface area contributed by atoms with Crippen LogP contribution in [0.4, 0.5) is 5.69 Å². The van der Waals surface area contributed by atoms with Gasteiger partial charge < -0.3 is 15.5 Å². The highest BCUT2D eigenvalue weighted by atomic mass is 16.4. The maximum Gasteiger partial charge on any atom is 0.303 e. The molecule has 1 aliphatic rings. The van der Waals surface area contributed by atoms with Gasteiger partial charge in [-0.3, -0.25) is 4.79 Å². The monoisotopic (exact) mass is 207 g/mol. The van der Waals surface area contributed by atoms with Crippen LogP contribution in [0.15, 0.2) is 18.2 Å². The normalized spacial score (nSPS) is 19.1. The molecular weight excluding hydrogens is 194 g/mol. The molecule has 1 unspecified atom stereocenters. The number of anilines is 1. The van der Waals surface area contributed by atoms with Gasteiger partial charge in [-0.05, 0) is 24.5 Å². The van der Waals surface area contributed by atoms with Gasteiger partial charge in [-0.15, -0.1) is 0 Å². The van der Waals surface area contributed by atoms with Gasteiger partial charge in [0, 0.05) is 17.8 Å².